The largest absolute Gasteiger partial charge is 0.497 e. The number of ether oxygens (including phenoxy) is 1. The van der Waals surface area contributed by atoms with Gasteiger partial charge in [0.2, 0.25) is 10.0 Å². The first kappa shape index (κ1) is 25.6. The second kappa shape index (κ2) is 10.5. The van der Waals surface area contributed by atoms with E-state index < -0.39 is 22.5 Å². The second-order valence-corrected chi connectivity index (χ2v) is 10.3. The number of halogens is 2. The van der Waals surface area contributed by atoms with E-state index in [1.165, 1.54) is 13.3 Å². The number of hydrogen-bond acceptors (Lipinski definition) is 5. The fourth-order valence-electron chi connectivity index (χ4n) is 3.44. The topological polar surface area (TPSA) is 93.0 Å². The molecule has 0 unspecified atom stereocenters. The Balaban J connectivity index is 1.75. The zero-order chi connectivity index (χ0) is 25.0. The Morgan fingerprint density at radius 1 is 1.15 bits per heavy atom. The average Bonchev–Trinajstić information content (AvgIpc) is 3.04. The quantitative estimate of drug-likeness (QED) is 0.352. The maximum absolute atomic E-state index is 12.5. The number of nitrogens with zero attached hydrogens (tertiary/aromatic N) is 3. The normalized spacial score (nSPS) is 11.6. The number of methoxy groups -OCH3 is 1. The van der Waals surface area contributed by atoms with Crippen molar-refractivity contribution in [3.05, 3.63) is 75.5 Å². The fourth-order valence-corrected chi connectivity index (χ4v) is 4.79. The van der Waals surface area contributed by atoms with Crippen LogP contribution in [-0.2, 0) is 14.8 Å². The van der Waals surface area contributed by atoms with E-state index in [0.29, 0.717) is 21.5 Å². The van der Waals surface area contributed by atoms with Crippen LogP contribution in [-0.4, -0.2) is 45.0 Å². The highest BCUT2D eigenvalue weighted by Crippen LogP contribution is 2.28. The van der Waals surface area contributed by atoms with Crippen LogP contribution in [0, 0.1) is 13.8 Å². The third kappa shape index (κ3) is 5.91. The van der Waals surface area contributed by atoms with Crippen molar-refractivity contribution in [3.8, 4) is 11.4 Å². The van der Waals surface area contributed by atoms with Gasteiger partial charge in [0.25, 0.3) is 5.91 Å². The highest BCUT2D eigenvalue weighted by atomic mass is 35.5. The molecule has 34 heavy (non-hydrogen) atoms. The van der Waals surface area contributed by atoms with Gasteiger partial charge in [-0.3, -0.25) is 9.10 Å². The van der Waals surface area contributed by atoms with Crippen LogP contribution in [0.2, 0.25) is 10.0 Å². The molecule has 8 nitrogen and oxygen atoms in total. The number of carbonyl (C=O) groups is 1. The molecule has 1 N–H and O–H groups in total. The maximum atomic E-state index is 12.5. The third-order valence-corrected chi connectivity index (χ3v) is 6.74. The van der Waals surface area contributed by atoms with Crippen molar-refractivity contribution in [3.63, 3.8) is 0 Å². The third-order valence-electron chi connectivity index (χ3n) is 5.06. The molecule has 0 saturated carbocycles. The molecule has 0 aliphatic carbocycles. The number of rotatable bonds is 8. The number of hydrogen-bond donors (Lipinski definition) is 1. The van der Waals surface area contributed by atoms with Gasteiger partial charge in [-0.1, -0.05) is 23.2 Å². The highest BCUT2D eigenvalue weighted by molar-refractivity contribution is 7.92. The highest BCUT2D eigenvalue weighted by Gasteiger charge is 2.21. The van der Waals surface area contributed by atoms with Gasteiger partial charge < -0.3 is 9.30 Å². The minimum absolute atomic E-state index is 0.339. The molecule has 180 valence electrons. The first-order valence-electron chi connectivity index (χ1n) is 10.1. The van der Waals surface area contributed by atoms with Crippen LogP contribution in [0.3, 0.4) is 0 Å². The monoisotopic (exact) mass is 522 g/mol. The van der Waals surface area contributed by atoms with Gasteiger partial charge in [-0.05, 0) is 62.4 Å². The van der Waals surface area contributed by atoms with Crippen LogP contribution in [0.25, 0.3) is 5.69 Å². The Kier molecular flexibility index (Phi) is 7.91. The molecular weight excluding hydrogens is 499 g/mol. The predicted octanol–water partition coefficient (Wildman–Crippen LogP) is 4.33. The fraction of sp³-hybridized carbons (Fsp3) is 0.217. The first-order chi connectivity index (χ1) is 16.0. The smallest absolute Gasteiger partial charge is 0.260 e. The van der Waals surface area contributed by atoms with Crippen molar-refractivity contribution < 1.29 is 17.9 Å². The second-order valence-electron chi connectivity index (χ2n) is 7.52. The van der Waals surface area contributed by atoms with E-state index in [2.05, 4.69) is 10.5 Å². The minimum Gasteiger partial charge on any atom is -0.497 e. The number of anilines is 1. The summed E-state index contributed by atoms with van der Waals surface area (Å²) in [7, 11) is -2.19. The average molecular weight is 523 g/mol. The van der Waals surface area contributed by atoms with Crippen molar-refractivity contribution in [2.75, 3.05) is 24.2 Å². The van der Waals surface area contributed by atoms with Crippen LogP contribution in [0.1, 0.15) is 17.0 Å². The Morgan fingerprint density at radius 3 is 2.41 bits per heavy atom. The van der Waals surface area contributed by atoms with Crippen molar-refractivity contribution in [2.45, 2.75) is 13.8 Å². The number of nitrogens with one attached hydrogen (secondary N) is 1. The summed E-state index contributed by atoms with van der Waals surface area (Å²) in [5, 5.41) is 5.06. The molecule has 1 heterocycles. The number of benzene rings is 2. The van der Waals surface area contributed by atoms with Crippen LogP contribution >= 0.6 is 23.2 Å². The number of hydrazone groups is 1. The van der Waals surface area contributed by atoms with Gasteiger partial charge in [0.15, 0.2) is 0 Å². The summed E-state index contributed by atoms with van der Waals surface area (Å²) in [5.74, 6) is -0.0178. The maximum Gasteiger partial charge on any atom is 0.260 e. The Bertz CT molecular complexity index is 1340. The van der Waals surface area contributed by atoms with Gasteiger partial charge in [-0.15, -0.1) is 0 Å². The van der Waals surface area contributed by atoms with E-state index in [1.807, 2.05) is 30.5 Å². The van der Waals surface area contributed by atoms with Gasteiger partial charge in [0, 0.05) is 22.0 Å². The number of aryl methyl sites for hydroxylation is 1. The standard InChI is InChI=1S/C23H24Cl2N4O4S/c1-15-11-17(16(2)29(15)22-10-5-18(24)12-21(22)25)13-26-27-23(30)14-28(34(4,31)32)19-6-8-20(33-3)9-7-19/h5-13H,14H2,1-4H3,(H,27,30)/b26-13-. The molecule has 0 spiro atoms. The van der Waals surface area contributed by atoms with Gasteiger partial charge in [-0.2, -0.15) is 5.10 Å². The minimum atomic E-state index is -3.70. The summed E-state index contributed by atoms with van der Waals surface area (Å²) < 4.78 is 32.5. The zero-order valence-corrected chi connectivity index (χ0v) is 21.4. The number of aromatic nitrogens is 1. The van der Waals surface area contributed by atoms with Crippen molar-refractivity contribution >= 4 is 51.0 Å². The van der Waals surface area contributed by atoms with E-state index in [4.69, 9.17) is 27.9 Å². The van der Waals surface area contributed by atoms with E-state index in [1.54, 1.807) is 36.4 Å². The van der Waals surface area contributed by atoms with Gasteiger partial charge >= 0.3 is 0 Å². The molecular formula is C23H24Cl2N4O4S. The lowest BCUT2D eigenvalue weighted by molar-refractivity contribution is -0.119. The molecule has 0 bridgehead atoms. The summed E-state index contributed by atoms with van der Waals surface area (Å²) in [6.07, 6.45) is 2.53. The van der Waals surface area contributed by atoms with Crippen molar-refractivity contribution in [2.24, 2.45) is 5.10 Å². The SMILES string of the molecule is COc1ccc(N(CC(=O)N/N=C\c2cc(C)n(-c3ccc(Cl)cc3Cl)c2C)S(C)(=O)=O)cc1. The summed E-state index contributed by atoms with van der Waals surface area (Å²) >= 11 is 12.4. The molecule has 0 aliphatic rings. The molecule has 2 aromatic carbocycles. The Morgan fingerprint density at radius 2 is 1.82 bits per heavy atom. The molecule has 0 saturated heterocycles. The molecule has 3 rings (SSSR count). The number of carbonyl (C=O) groups excluding carboxylic acids is 1. The van der Waals surface area contributed by atoms with Crippen molar-refractivity contribution in [1.29, 1.82) is 0 Å². The summed E-state index contributed by atoms with van der Waals surface area (Å²) in [4.78, 5) is 12.5. The summed E-state index contributed by atoms with van der Waals surface area (Å²) in [5.41, 5.74) is 6.03. The number of amides is 1. The molecule has 1 amide bonds. The zero-order valence-electron chi connectivity index (χ0n) is 19.0. The molecule has 0 radical (unpaired) electrons. The van der Waals surface area contributed by atoms with Crippen molar-refractivity contribution in [1.82, 2.24) is 9.99 Å². The molecule has 0 aliphatic heterocycles. The van der Waals surface area contributed by atoms with E-state index >= 15 is 0 Å². The van der Waals surface area contributed by atoms with Gasteiger partial charge in [0.1, 0.15) is 12.3 Å². The molecule has 3 aromatic rings. The van der Waals surface area contributed by atoms with Crippen LogP contribution in [0.4, 0.5) is 5.69 Å². The lowest BCUT2D eigenvalue weighted by atomic mass is 10.2. The van der Waals surface area contributed by atoms with Gasteiger partial charge in [0.05, 0.1) is 36.0 Å². The lowest BCUT2D eigenvalue weighted by Gasteiger charge is -2.21. The van der Waals surface area contributed by atoms with E-state index in [-0.39, 0.29) is 0 Å². The van der Waals surface area contributed by atoms with Gasteiger partial charge in [-0.25, -0.2) is 13.8 Å². The molecule has 11 heteroatoms. The Labute approximate surface area is 208 Å². The van der Waals surface area contributed by atoms with Crippen LogP contribution < -0.4 is 14.5 Å². The molecule has 0 atom stereocenters. The molecule has 1 aromatic heterocycles. The molecule has 0 fully saturated rings. The number of sulfonamides is 1. The van der Waals surface area contributed by atoms with Crippen LogP contribution in [0.5, 0.6) is 5.75 Å². The van der Waals surface area contributed by atoms with Crippen LogP contribution in [0.15, 0.2) is 53.6 Å². The first-order valence-corrected chi connectivity index (χ1v) is 12.7. The summed E-state index contributed by atoms with van der Waals surface area (Å²) in [6.45, 7) is 3.39. The predicted molar refractivity (Wildman–Crippen MR) is 136 cm³/mol. The summed E-state index contributed by atoms with van der Waals surface area (Å²) in [6, 6.07) is 13.5. The van der Waals surface area contributed by atoms with E-state index in [0.717, 1.165) is 33.2 Å². The van der Waals surface area contributed by atoms with E-state index in [9.17, 15) is 13.2 Å². The lowest BCUT2D eigenvalue weighted by Crippen LogP contribution is -2.39. The Hall–Kier alpha value is -3.01.